The molecule has 1 amide bonds. The number of hydrogen-bond donors (Lipinski definition) is 2. The molecule has 1 aromatic carbocycles. The Morgan fingerprint density at radius 2 is 2.14 bits per heavy atom. The molecule has 0 bridgehead atoms. The molecule has 2 aliphatic rings. The number of ether oxygens (including phenoxy) is 2. The van der Waals surface area contributed by atoms with Crippen LogP contribution in [0, 0.1) is 0 Å². The summed E-state index contributed by atoms with van der Waals surface area (Å²) in [6.45, 7) is 3.45. The number of fused-ring (bicyclic) bond motifs is 1. The van der Waals surface area contributed by atoms with Gasteiger partial charge in [0.1, 0.15) is 13.2 Å². The highest BCUT2D eigenvalue weighted by Gasteiger charge is 2.25. The van der Waals surface area contributed by atoms with E-state index in [1.54, 1.807) is 0 Å². The van der Waals surface area contributed by atoms with E-state index in [0.29, 0.717) is 42.3 Å². The average molecular weight is 311 g/mol. The van der Waals surface area contributed by atoms with Crippen molar-refractivity contribution in [3.8, 4) is 11.5 Å². The smallest absolute Gasteiger partial charge is 0.237 e. The molecule has 0 aromatic heterocycles. The standard InChI is InChI=1S/C15H19ClN2O3/c1-9(15(19)18-11-2-3-11)17-8-10-6-12(16)14-13(7-10)20-4-5-21-14/h6-7,9,11,17H,2-5,8H2,1H3,(H,18,19). The summed E-state index contributed by atoms with van der Waals surface area (Å²) in [4.78, 5) is 11.9. The van der Waals surface area contributed by atoms with Gasteiger partial charge in [0.05, 0.1) is 11.1 Å². The molecule has 1 aliphatic heterocycles. The number of halogens is 1. The van der Waals surface area contributed by atoms with Crippen molar-refractivity contribution in [3.05, 3.63) is 22.7 Å². The Kier molecular flexibility index (Phi) is 4.22. The van der Waals surface area contributed by atoms with Crippen molar-refractivity contribution in [2.45, 2.75) is 38.4 Å². The summed E-state index contributed by atoms with van der Waals surface area (Å²) in [6.07, 6.45) is 2.19. The Balaban J connectivity index is 1.59. The van der Waals surface area contributed by atoms with Crippen LogP contribution >= 0.6 is 11.6 Å². The monoisotopic (exact) mass is 310 g/mol. The Hall–Kier alpha value is -1.46. The first-order valence-corrected chi connectivity index (χ1v) is 7.63. The highest BCUT2D eigenvalue weighted by molar-refractivity contribution is 6.32. The van der Waals surface area contributed by atoms with Crippen LogP contribution in [0.25, 0.3) is 0 Å². The minimum atomic E-state index is -0.238. The lowest BCUT2D eigenvalue weighted by Crippen LogP contribution is -2.42. The lowest BCUT2D eigenvalue weighted by Gasteiger charge is -2.21. The molecule has 1 aliphatic carbocycles. The first-order chi connectivity index (χ1) is 10.1. The number of amides is 1. The Morgan fingerprint density at radius 1 is 1.38 bits per heavy atom. The van der Waals surface area contributed by atoms with E-state index in [-0.39, 0.29) is 11.9 Å². The molecule has 1 heterocycles. The summed E-state index contributed by atoms with van der Waals surface area (Å²) in [5.74, 6) is 1.31. The molecule has 0 saturated heterocycles. The van der Waals surface area contributed by atoms with Gasteiger partial charge in [0.15, 0.2) is 11.5 Å². The predicted octanol–water partition coefficient (Wildman–Crippen LogP) is 1.87. The van der Waals surface area contributed by atoms with Crippen molar-refractivity contribution < 1.29 is 14.3 Å². The van der Waals surface area contributed by atoms with E-state index in [4.69, 9.17) is 21.1 Å². The average Bonchev–Trinajstić information content (AvgIpc) is 3.28. The van der Waals surface area contributed by atoms with Crippen LogP contribution in [0.5, 0.6) is 11.5 Å². The molecule has 1 unspecified atom stereocenters. The molecule has 114 valence electrons. The third-order valence-electron chi connectivity index (χ3n) is 3.59. The summed E-state index contributed by atoms with van der Waals surface area (Å²) in [5, 5.41) is 6.72. The molecule has 21 heavy (non-hydrogen) atoms. The molecule has 0 spiro atoms. The van der Waals surface area contributed by atoms with Gasteiger partial charge >= 0.3 is 0 Å². The van der Waals surface area contributed by atoms with Gasteiger partial charge in [-0.2, -0.15) is 0 Å². The van der Waals surface area contributed by atoms with Crippen molar-refractivity contribution in [2.24, 2.45) is 0 Å². The molecule has 1 saturated carbocycles. The van der Waals surface area contributed by atoms with Gasteiger partial charge in [-0.05, 0) is 37.5 Å². The van der Waals surface area contributed by atoms with Gasteiger partial charge in [-0.3, -0.25) is 4.79 Å². The number of carbonyl (C=O) groups excluding carboxylic acids is 1. The number of benzene rings is 1. The van der Waals surface area contributed by atoms with E-state index < -0.39 is 0 Å². The molecular formula is C15H19ClN2O3. The zero-order valence-corrected chi connectivity index (χ0v) is 12.7. The van der Waals surface area contributed by atoms with Crippen LogP contribution in [-0.2, 0) is 11.3 Å². The maximum Gasteiger partial charge on any atom is 0.237 e. The summed E-state index contributed by atoms with van der Waals surface area (Å²) >= 11 is 6.19. The van der Waals surface area contributed by atoms with E-state index in [9.17, 15) is 4.79 Å². The van der Waals surface area contributed by atoms with Gasteiger partial charge in [0, 0.05) is 12.6 Å². The maximum atomic E-state index is 11.9. The SMILES string of the molecule is CC(NCc1cc(Cl)c2c(c1)OCCO2)C(=O)NC1CC1. The van der Waals surface area contributed by atoms with Crippen LogP contribution in [0.15, 0.2) is 12.1 Å². The van der Waals surface area contributed by atoms with Crippen LogP contribution in [0.4, 0.5) is 0 Å². The van der Waals surface area contributed by atoms with Gasteiger partial charge in [-0.25, -0.2) is 0 Å². The van der Waals surface area contributed by atoms with E-state index in [1.165, 1.54) is 0 Å². The lowest BCUT2D eigenvalue weighted by atomic mass is 10.1. The molecule has 2 N–H and O–H groups in total. The Morgan fingerprint density at radius 3 is 2.90 bits per heavy atom. The second kappa shape index (κ2) is 6.12. The zero-order valence-electron chi connectivity index (χ0n) is 11.9. The van der Waals surface area contributed by atoms with Gasteiger partial charge in [-0.1, -0.05) is 11.6 Å². The fraction of sp³-hybridized carbons (Fsp3) is 0.533. The second-order valence-corrected chi connectivity index (χ2v) is 5.89. The molecule has 3 rings (SSSR count). The number of rotatable bonds is 5. The fourth-order valence-electron chi connectivity index (χ4n) is 2.18. The van der Waals surface area contributed by atoms with Gasteiger partial charge in [-0.15, -0.1) is 0 Å². The van der Waals surface area contributed by atoms with Crippen molar-refractivity contribution in [2.75, 3.05) is 13.2 Å². The third-order valence-corrected chi connectivity index (χ3v) is 3.87. The zero-order chi connectivity index (χ0) is 14.8. The third kappa shape index (κ3) is 3.60. The molecule has 1 aromatic rings. The van der Waals surface area contributed by atoms with E-state index in [2.05, 4.69) is 10.6 Å². The number of hydrogen-bond acceptors (Lipinski definition) is 4. The van der Waals surface area contributed by atoms with Crippen LogP contribution < -0.4 is 20.1 Å². The minimum absolute atomic E-state index is 0.0427. The molecule has 6 heteroatoms. The van der Waals surface area contributed by atoms with E-state index in [0.717, 1.165) is 18.4 Å². The first-order valence-electron chi connectivity index (χ1n) is 7.25. The lowest BCUT2D eigenvalue weighted by molar-refractivity contribution is -0.122. The van der Waals surface area contributed by atoms with E-state index >= 15 is 0 Å². The number of carbonyl (C=O) groups is 1. The van der Waals surface area contributed by atoms with Gasteiger partial charge in [0.2, 0.25) is 5.91 Å². The molecular weight excluding hydrogens is 292 g/mol. The highest BCUT2D eigenvalue weighted by Crippen LogP contribution is 2.38. The quantitative estimate of drug-likeness (QED) is 0.871. The first kappa shape index (κ1) is 14.5. The van der Waals surface area contributed by atoms with Crippen molar-refractivity contribution in [3.63, 3.8) is 0 Å². The largest absolute Gasteiger partial charge is 0.486 e. The van der Waals surface area contributed by atoms with E-state index in [1.807, 2.05) is 19.1 Å². The van der Waals surface area contributed by atoms with Crippen LogP contribution in [0.3, 0.4) is 0 Å². The van der Waals surface area contributed by atoms with Crippen LogP contribution in [-0.4, -0.2) is 31.2 Å². The second-order valence-electron chi connectivity index (χ2n) is 5.49. The van der Waals surface area contributed by atoms with Crippen LogP contribution in [0.2, 0.25) is 5.02 Å². The summed E-state index contributed by atoms with van der Waals surface area (Å²) in [5.41, 5.74) is 0.968. The van der Waals surface area contributed by atoms with Crippen LogP contribution in [0.1, 0.15) is 25.3 Å². The highest BCUT2D eigenvalue weighted by atomic mass is 35.5. The minimum Gasteiger partial charge on any atom is -0.486 e. The normalized spacial score (nSPS) is 18.2. The summed E-state index contributed by atoms with van der Waals surface area (Å²) in [7, 11) is 0. The van der Waals surface area contributed by atoms with Gasteiger partial charge < -0.3 is 20.1 Å². The predicted molar refractivity (Wildman–Crippen MR) is 79.9 cm³/mol. The van der Waals surface area contributed by atoms with Crippen molar-refractivity contribution in [1.29, 1.82) is 0 Å². The van der Waals surface area contributed by atoms with Crippen molar-refractivity contribution >= 4 is 17.5 Å². The molecule has 1 atom stereocenters. The molecule has 1 fully saturated rings. The Labute approximate surface area is 128 Å². The topological polar surface area (TPSA) is 59.6 Å². The van der Waals surface area contributed by atoms with Gasteiger partial charge in [0.25, 0.3) is 0 Å². The molecule has 5 nitrogen and oxygen atoms in total. The maximum absolute atomic E-state index is 11.9. The molecule has 0 radical (unpaired) electrons. The van der Waals surface area contributed by atoms with Crippen molar-refractivity contribution in [1.82, 2.24) is 10.6 Å². The summed E-state index contributed by atoms with van der Waals surface area (Å²) < 4.78 is 11.0. The number of nitrogens with one attached hydrogen (secondary N) is 2. The fourth-order valence-corrected chi connectivity index (χ4v) is 2.47. The Bertz CT molecular complexity index is 546. The summed E-state index contributed by atoms with van der Waals surface area (Å²) in [6, 6.07) is 3.88.